The highest BCUT2D eigenvalue weighted by Gasteiger charge is 2.24. The van der Waals surface area contributed by atoms with Crippen LogP contribution in [0.5, 0.6) is 0 Å². The first kappa shape index (κ1) is 25.2. The largest absolute Gasteiger partial charge is 0.342 e. The van der Waals surface area contributed by atoms with E-state index >= 15 is 0 Å². The van der Waals surface area contributed by atoms with Crippen LogP contribution in [0.1, 0.15) is 42.5 Å². The minimum absolute atomic E-state index is 0.155. The van der Waals surface area contributed by atoms with Gasteiger partial charge in [0, 0.05) is 7.05 Å². The second kappa shape index (κ2) is 11.2. The van der Waals surface area contributed by atoms with Gasteiger partial charge in [-0.1, -0.05) is 72.8 Å². The van der Waals surface area contributed by atoms with Crippen LogP contribution in [-0.2, 0) is 11.8 Å². The van der Waals surface area contributed by atoms with Gasteiger partial charge in [0.05, 0.1) is 32.6 Å². The third-order valence-electron chi connectivity index (χ3n) is 5.18. The van der Waals surface area contributed by atoms with Gasteiger partial charge in [-0.15, -0.1) is 10.2 Å². The van der Waals surface area contributed by atoms with Crippen LogP contribution in [-0.4, -0.2) is 37.3 Å². The summed E-state index contributed by atoms with van der Waals surface area (Å²) in [6.45, 7) is 4.15. The zero-order valence-electron chi connectivity index (χ0n) is 19.5. The van der Waals surface area contributed by atoms with Crippen molar-refractivity contribution >= 4 is 61.9 Å². The lowest BCUT2D eigenvalue weighted by atomic mass is 10.0. The van der Waals surface area contributed by atoms with Crippen molar-refractivity contribution in [3.8, 4) is 0 Å². The maximum atomic E-state index is 12.9. The van der Waals surface area contributed by atoms with E-state index in [1.807, 2.05) is 35.9 Å². The summed E-state index contributed by atoms with van der Waals surface area (Å²) in [4.78, 5) is 29.8. The number of para-hydroxylation sites is 1. The van der Waals surface area contributed by atoms with E-state index < -0.39 is 0 Å². The van der Waals surface area contributed by atoms with E-state index in [0.29, 0.717) is 39.0 Å². The summed E-state index contributed by atoms with van der Waals surface area (Å²) >= 11 is 8.91. The van der Waals surface area contributed by atoms with E-state index in [1.54, 1.807) is 24.3 Å². The SMILES string of the molecule is CC(C)C[C@H](NC(=O)c1ccccc1Cl)c1nnc(SCC(=O)Nc2nc3ccccc3s2)n1C. The highest BCUT2D eigenvalue weighted by molar-refractivity contribution is 7.99. The second-order valence-corrected chi connectivity index (χ2v) is 10.7. The van der Waals surface area contributed by atoms with Gasteiger partial charge in [0.1, 0.15) is 0 Å². The first-order chi connectivity index (χ1) is 16.8. The third kappa shape index (κ3) is 6.19. The lowest BCUT2D eigenvalue weighted by molar-refractivity contribution is -0.113. The molecule has 1 atom stereocenters. The Morgan fingerprint density at radius 2 is 1.86 bits per heavy atom. The van der Waals surface area contributed by atoms with Gasteiger partial charge in [0.15, 0.2) is 16.1 Å². The number of anilines is 1. The van der Waals surface area contributed by atoms with E-state index in [-0.39, 0.29) is 23.6 Å². The molecule has 0 aliphatic heterocycles. The van der Waals surface area contributed by atoms with Gasteiger partial charge >= 0.3 is 0 Å². The quantitative estimate of drug-likeness (QED) is 0.285. The number of nitrogens with one attached hydrogen (secondary N) is 2. The molecule has 4 aromatic rings. The molecule has 0 unspecified atom stereocenters. The summed E-state index contributed by atoms with van der Waals surface area (Å²) < 4.78 is 2.83. The second-order valence-electron chi connectivity index (χ2n) is 8.36. The summed E-state index contributed by atoms with van der Waals surface area (Å²) in [5.41, 5.74) is 1.26. The molecule has 0 saturated carbocycles. The van der Waals surface area contributed by atoms with E-state index in [2.05, 4.69) is 39.7 Å². The number of halogens is 1. The molecule has 0 bridgehead atoms. The van der Waals surface area contributed by atoms with Crippen molar-refractivity contribution in [1.82, 2.24) is 25.1 Å². The molecule has 2 aromatic carbocycles. The summed E-state index contributed by atoms with van der Waals surface area (Å²) in [6.07, 6.45) is 0.672. The molecule has 2 amide bonds. The van der Waals surface area contributed by atoms with Gasteiger partial charge in [-0.3, -0.25) is 9.59 Å². The van der Waals surface area contributed by atoms with Gasteiger partial charge in [0.25, 0.3) is 5.91 Å². The van der Waals surface area contributed by atoms with Gasteiger partial charge in [-0.05, 0) is 36.6 Å². The Bertz CT molecular complexity index is 1320. The molecule has 2 aromatic heterocycles. The number of nitrogens with zero attached hydrogens (tertiary/aromatic N) is 4. The van der Waals surface area contributed by atoms with Crippen LogP contribution in [0.4, 0.5) is 5.13 Å². The highest BCUT2D eigenvalue weighted by Crippen LogP contribution is 2.27. The molecule has 2 N–H and O–H groups in total. The van der Waals surface area contributed by atoms with Crippen molar-refractivity contribution < 1.29 is 9.59 Å². The minimum atomic E-state index is -0.359. The van der Waals surface area contributed by atoms with Crippen LogP contribution < -0.4 is 10.6 Å². The summed E-state index contributed by atoms with van der Waals surface area (Å²) in [6, 6.07) is 14.3. The fourth-order valence-electron chi connectivity index (χ4n) is 3.55. The topological polar surface area (TPSA) is 102 Å². The lowest BCUT2D eigenvalue weighted by Crippen LogP contribution is -2.31. The molecular formula is C24H25ClN6O2S2. The van der Waals surface area contributed by atoms with Crippen molar-refractivity contribution in [2.45, 2.75) is 31.5 Å². The van der Waals surface area contributed by atoms with Gasteiger partial charge in [0.2, 0.25) is 5.91 Å². The monoisotopic (exact) mass is 528 g/mol. The Kier molecular flexibility index (Phi) is 8.04. The highest BCUT2D eigenvalue weighted by atomic mass is 35.5. The average molecular weight is 529 g/mol. The molecule has 0 fully saturated rings. The molecule has 11 heteroatoms. The number of thiazole rings is 1. The summed E-state index contributed by atoms with van der Waals surface area (Å²) in [5, 5.41) is 16.0. The molecule has 35 heavy (non-hydrogen) atoms. The summed E-state index contributed by atoms with van der Waals surface area (Å²) in [5.74, 6) is 0.632. The van der Waals surface area contributed by atoms with E-state index in [4.69, 9.17) is 11.6 Å². The zero-order chi connectivity index (χ0) is 24.9. The van der Waals surface area contributed by atoms with Crippen LogP contribution in [0, 0.1) is 5.92 Å². The van der Waals surface area contributed by atoms with Crippen LogP contribution in [0.3, 0.4) is 0 Å². The van der Waals surface area contributed by atoms with Crippen molar-refractivity contribution in [3.63, 3.8) is 0 Å². The average Bonchev–Trinajstić information content (AvgIpc) is 3.39. The molecule has 182 valence electrons. The number of carbonyl (C=O) groups is 2. The Labute approximate surface area is 216 Å². The van der Waals surface area contributed by atoms with Crippen molar-refractivity contribution in [1.29, 1.82) is 0 Å². The number of benzene rings is 2. The molecule has 0 saturated heterocycles. The first-order valence-corrected chi connectivity index (χ1v) is 13.2. The molecule has 8 nitrogen and oxygen atoms in total. The predicted octanol–water partition coefficient (Wildman–Crippen LogP) is 5.33. The number of aromatic nitrogens is 4. The Balaban J connectivity index is 1.42. The minimum Gasteiger partial charge on any atom is -0.342 e. The van der Waals surface area contributed by atoms with Crippen molar-refractivity contribution in [3.05, 3.63) is 64.9 Å². The molecule has 0 radical (unpaired) electrons. The third-order valence-corrected chi connectivity index (χ3v) is 7.49. The normalized spacial score (nSPS) is 12.1. The number of carbonyl (C=O) groups excluding carboxylic acids is 2. The smallest absolute Gasteiger partial charge is 0.253 e. The Morgan fingerprint density at radius 1 is 1.11 bits per heavy atom. The van der Waals surface area contributed by atoms with Gasteiger partial charge in [-0.2, -0.15) is 0 Å². The predicted molar refractivity (Wildman–Crippen MR) is 141 cm³/mol. The Morgan fingerprint density at radius 3 is 2.60 bits per heavy atom. The number of rotatable bonds is 9. The standard InChI is InChI=1S/C24H25ClN6O2S2/c1-14(2)12-18(26-22(33)15-8-4-5-9-16(15)25)21-29-30-24(31(21)3)34-13-20(32)28-23-27-17-10-6-7-11-19(17)35-23/h4-11,14,18H,12-13H2,1-3H3,(H,26,33)(H,27,28,32)/t18-/m0/s1. The number of thioether (sulfide) groups is 1. The van der Waals surface area contributed by atoms with Gasteiger partial charge < -0.3 is 15.2 Å². The zero-order valence-corrected chi connectivity index (χ0v) is 21.9. The molecule has 0 aliphatic rings. The Hall–Kier alpha value is -2.95. The number of fused-ring (bicyclic) bond motifs is 1. The number of amides is 2. The number of hydrogen-bond donors (Lipinski definition) is 2. The fraction of sp³-hybridized carbons (Fsp3) is 0.292. The maximum Gasteiger partial charge on any atom is 0.253 e. The molecule has 2 heterocycles. The fourth-order valence-corrected chi connectivity index (χ4v) is 5.37. The van der Waals surface area contributed by atoms with Crippen LogP contribution in [0.15, 0.2) is 53.7 Å². The molecule has 4 rings (SSSR count). The van der Waals surface area contributed by atoms with E-state index in [9.17, 15) is 9.59 Å². The molecule has 0 spiro atoms. The maximum absolute atomic E-state index is 12.9. The van der Waals surface area contributed by atoms with E-state index in [0.717, 1.165) is 10.2 Å². The first-order valence-electron chi connectivity index (χ1n) is 11.0. The summed E-state index contributed by atoms with van der Waals surface area (Å²) in [7, 11) is 1.83. The number of hydrogen-bond acceptors (Lipinski definition) is 7. The lowest BCUT2D eigenvalue weighted by Gasteiger charge is -2.20. The van der Waals surface area contributed by atoms with Crippen LogP contribution >= 0.6 is 34.7 Å². The van der Waals surface area contributed by atoms with Crippen molar-refractivity contribution in [2.75, 3.05) is 11.1 Å². The van der Waals surface area contributed by atoms with Crippen LogP contribution in [0.25, 0.3) is 10.2 Å². The van der Waals surface area contributed by atoms with Crippen molar-refractivity contribution in [2.24, 2.45) is 13.0 Å². The van der Waals surface area contributed by atoms with Gasteiger partial charge in [-0.25, -0.2) is 4.98 Å². The van der Waals surface area contributed by atoms with Crippen LogP contribution in [0.2, 0.25) is 5.02 Å². The molecular weight excluding hydrogens is 504 g/mol. The molecule has 0 aliphatic carbocycles. The van der Waals surface area contributed by atoms with E-state index in [1.165, 1.54) is 23.1 Å².